The highest BCUT2D eigenvalue weighted by Gasteiger charge is 2.36. The highest BCUT2D eigenvalue weighted by Crippen LogP contribution is 2.44. The van der Waals surface area contributed by atoms with Crippen LogP contribution in [-0.4, -0.2) is 82.6 Å². The molecule has 0 spiro atoms. The number of allylic oxidation sites excluding steroid dienone is 5. The smallest absolute Gasteiger partial charge is 0.462 e. The van der Waals surface area contributed by atoms with Gasteiger partial charge >= 0.3 is 27.6 Å². The summed E-state index contributed by atoms with van der Waals surface area (Å²) in [5.41, 5.74) is 0. The van der Waals surface area contributed by atoms with Crippen LogP contribution in [0.2, 0.25) is 0 Å². The highest BCUT2D eigenvalue weighted by molar-refractivity contribution is 7.47. The third kappa shape index (κ3) is 35.1. The van der Waals surface area contributed by atoms with Crippen molar-refractivity contribution in [3.8, 4) is 0 Å². The number of phosphoric ester groups is 2. The lowest BCUT2D eigenvalue weighted by Crippen LogP contribution is -2.30. The van der Waals surface area contributed by atoms with Crippen LogP contribution in [-0.2, 0) is 46.5 Å². The van der Waals surface area contributed by atoms with Crippen LogP contribution in [0.1, 0.15) is 168 Å². The summed E-state index contributed by atoms with van der Waals surface area (Å²) in [6, 6.07) is 0. The quantitative estimate of drug-likeness (QED) is 0.0113. The number of phosphoric acid groups is 2. The number of esters is 2. The Labute approximate surface area is 348 Å². The predicted octanol–water partition coefficient (Wildman–Crippen LogP) is 9.88. The molecule has 1 rings (SSSR count). The number of hydrogen-bond donors (Lipinski definition) is 4. The van der Waals surface area contributed by atoms with Crippen LogP contribution < -0.4 is 0 Å². The minimum absolute atomic E-state index is 0.108. The van der Waals surface area contributed by atoms with Crippen molar-refractivity contribution in [3.05, 3.63) is 36.5 Å². The molecule has 58 heavy (non-hydrogen) atoms. The zero-order valence-corrected chi connectivity index (χ0v) is 37.1. The molecule has 0 radical (unpaired) electrons. The molecule has 0 bridgehead atoms. The van der Waals surface area contributed by atoms with E-state index in [2.05, 4.69) is 59.4 Å². The van der Waals surface area contributed by atoms with E-state index in [0.717, 1.165) is 77.0 Å². The molecule has 1 aliphatic rings. The number of rotatable bonds is 40. The summed E-state index contributed by atoms with van der Waals surface area (Å²) in [7, 11) is -9.68. The topological polar surface area (TPSA) is 208 Å². The lowest BCUT2D eigenvalue weighted by atomic mass is 10.1. The third-order valence-electron chi connectivity index (χ3n) is 9.44. The number of aliphatic hydroxyl groups excluding tert-OH is 1. The molecule has 0 aromatic rings. The van der Waals surface area contributed by atoms with Crippen molar-refractivity contribution in [2.24, 2.45) is 0 Å². The van der Waals surface area contributed by atoms with E-state index in [1.165, 1.54) is 51.4 Å². The number of epoxide rings is 1. The van der Waals surface area contributed by atoms with Crippen LogP contribution in [0.3, 0.4) is 0 Å². The van der Waals surface area contributed by atoms with E-state index in [0.29, 0.717) is 25.0 Å². The number of carbonyl (C=O) groups is 2. The first kappa shape index (κ1) is 54.3. The summed E-state index contributed by atoms with van der Waals surface area (Å²) in [5.74, 6) is -1.07. The van der Waals surface area contributed by atoms with E-state index < -0.39 is 66.2 Å². The number of ether oxygens (including phenoxy) is 3. The summed E-state index contributed by atoms with van der Waals surface area (Å²) in [6.07, 6.45) is 34.5. The molecule has 5 atom stereocenters. The van der Waals surface area contributed by atoms with Crippen molar-refractivity contribution >= 4 is 27.6 Å². The van der Waals surface area contributed by atoms with Gasteiger partial charge in [-0.1, -0.05) is 127 Å². The van der Waals surface area contributed by atoms with Crippen molar-refractivity contribution in [1.29, 1.82) is 0 Å². The molecule has 0 aliphatic carbocycles. The standard InChI is InChI=1S/C42H76O14P2/c1-3-5-7-8-9-10-11-12-13-14-15-16-21-24-28-32-42(45)55-38(36-54-58(49,50)53-34-37(43)33-52-57(46,47)48)35-51-41(44)31-27-23-20-18-17-19-22-26-30-40-39(56-40)29-25-6-4-2/h10-13,22,26,37-40,43H,3-9,14-21,23-25,27-36H2,1-2H3,(H,49,50)(H2,46,47,48)/b11-10-,13-12-,26-22-/t37-,38+,39?,40?/m0/s1. The maximum atomic E-state index is 12.7. The summed E-state index contributed by atoms with van der Waals surface area (Å²) in [4.78, 5) is 52.7. The van der Waals surface area contributed by atoms with E-state index in [9.17, 15) is 28.7 Å². The summed E-state index contributed by atoms with van der Waals surface area (Å²) >= 11 is 0. The maximum Gasteiger partial charge on any atom is 0.472 e. The summed E-state index contributed by atoms with van der Waals surface area (Å²) in [6.45, 7) is 1.67. The van der Waals surface area contributed by atoms with Gasteiger partial charge in [0.25, 0.3) is 0 Å². The van der Waals surface area contributed by atoms with E-state index in [1.807, 2.05) is 0 Å². The Hall–Kier alpha value is -1.70. The Bertz CT molecular complexity index is 1240. The molecule has 4 N–H and O–H groups in total. The van der Waals surface area contributed by atoms with Gasteiger partial charge in [-0.05, 0) is 64.2 Å². The first-order chi connectivity index (χ1) is 27.8. The van der Waals surface area contributed by atoms with Crippen molar-refractivity contribution in [2.45, 2.75) is 192 Å². The summed E-state index contributed by atoms with van der Waals surface area (Å²) in [5, 5.41) is 9.74. The van der Waals surface area contributed by atoms with Crippen molar-refractivity contribution in [1.82, 2.24) is 0 Å². The molecule has 1 saturated heterocycles. The van der Waals surface area contributed by atoms with Crippen LogP contribution >= 0.6 is 15.6 Å². The zero-order valence-electron chi connectivity index (χ0n) is 35.3. The lowest BCUT2D eigenvalue weighted by molar-refractivity contribution is -0.161. The number of carbonyl (C=O) groups excluding carboxylic acids is 2. The average molecular weight is 867 g/mol. The van der Waals surface area contributed by atoms with Gasteiger partial charge in [0.05, 0.1) is 32.0 Å². The van der Waals surface area contributed by atoms with E-state index in [-0.39, 0.29) is 12.8 Å². The Balaban J connectivity index is 2.37. The first-order valence-corrected chi connectivity index (χ1v) is 24.8. The SMILES string of the molecule is CCCCCC/C=C\C=C/CCCCCCCC(=O)O[C@H](COC(=O)CCCCCCC/C=C\CC1OC1CCCCC)COP(=O)(O)OC[C@@H](O)COP(=O)(O)O. The third-order valence-corrected chi connectivity index (χ3v) is 10.9. The predicted molar refractivity (Wildman–Crippen MR) is 225 cm³/mol. The molecule has 14 nitrogen and oxygen atoms in total. The van der Waals surface area contributed by atoms with Crippen molar-refractivity contribution in [3.63, 3.8) is 0 Å². The fraction of sp³-hybridized carbons (Fsp3) is 0.810. The van der Waals surface area contributed by atoms with Crippen molar-refractivity contribution < 1.29 is 66.3 Å². The molecular formula is C42H76O14P2. The number of unbranched alkanes of at least 4 members (excludes halogenated alkanes) is 16. The second kappa shape index (κ2) is 35.0. The van der Waals surface area contributed by atoms with Crippen LogP contribution in [0.25, 0.3) is 0 Å². The fourth-order valence-electron chi connectivity index (χ4n) is 5.99. The number of aliphatic hydroxyl groups is 1. The second-order valence-electron chi connectivity index (χ2n) is 15.0. The molecule has 1 fully saturated rings. The van der Waals surface area contributed by atoms with Crippen LogP contribution in [0, 0.1) is 0 Å². The molecule has 0 aromatic carbocycles. The van der Waals surface area contributed by atoms with Gasteiger partial charge in [0.15, 0.2) is 6.10 Å². The van der Waals surface area contributed by atoms with Gasteiger partial charge in [0, 0.05) is 12.8 Å². The Morgan fingerprint density at radius 2 is 1.12 bits per heavy atom. The minimum atomic E-state index is -4.87. The fourth-order valence-corrected chi connectivity index (χ4v) is 7.15. The molecule has 0 amide bonds. The van der Waals surface area contributed by atoms with Crippen molar-refractivity contribution in [2.75, 3.05) is 26.4 Å². The van der Waals surface area contributed by atoms with E-state index in [4.69, 9.17) is 28.5 Å². The van der Waals surface area contributed by atoms with Crippen LogP contribution in [0.15, 0.2) is 36.5 Å². The van der Waals surface area contributed by atoms with E-state index >= 15 is 0 Å². The summed E-state index contributed by atoms with van der Waals surface area (Å²) < 4.78 is 53.5. The van der Waals surface area contributed by atoms with E-state index in [1.54, 1.807) is 0 Å². The Morgan fingerprint density at radius 3 is 1.74 bits per heavy atom. The maximum absolute atomic E-state index is 12.7. The van der Waals surface area contributed by atoms with Gasteiger partial charge in [0.2, 0.25) is 0 Å². The first-order valence-electron chi connectivity index (χ1n) is 21.8. The van der Waals surface area contributed by atoms with Gasteiger partial charge in [0.1, 0.15) is 12.7 Å². The molecule has 3 unspecified atom stereocenters. The number of hydrogen-bond acceptors (Lipinski definition) is 11. The Kier molecular flexibility index (Phi) is 32.7. The zero-order chi connectivity index (χ0) is 42.7. The molecule has 16 heteroatoms. The normalized spacial score (nSPS) is 17.9. The highest BCUT2D eigenvalue weighted by atomic mass is 31.2. The molecule has 1 heterocycles. The second-order valence-corrected chi connectivity index (χ2v) is 17.7. The average Bonchev–Trinajstić information content (AvgIpc) is 3.94. The Morgan fingerprint density at radius 1 is 0.603 bits per heavy atom. The largest absolute Gasteiger partial charge is 0.472 e. The minimum Gasteiger partial charge on any atom is -0.462 e. The van der Waals surface area contributed by atoms with Crippen LogP contribution in [0.5, 0.6) is 0 Å². The molecular weight excluding hydrogens is 790 g/mol. The van der Waals surface area contributed by atoms with Crippen LogP contribution in [0.4, 0.5) is 0 Å². The molecule has 338 valence electrons. The lowest BCUT2D eigenvalue weighted by Gasteiger charge is -2.20. The van der Waals surface area contributed by atoms with Gasteiger partial charge in [-0.3, -0.25) is 23.2 Å². The monoisotopic (exact) mass is 866 g/mol. The molecule has 0 saturated carbocycles. The van der Waals surface area contributed by atoms with Gasteiger partial charge in [-0.25, -0.2) is 9.13 Å². The van der Waals surface area contributed by atoms with Gasteiger partial charge < -0.3 is 34.0 Å². The molecule has 0 aromatic heterocycles. The van der Waals surface area contributed by atoms with Gasteiger partial charge in [-0.15, -0.1) is 0 Å². The molecule has 1 aliphatic heterocycles. The van der Waals surface area contributed by atoms with Gasteiger partial charge in [-0.2, -0.15) is 0 Å².